The minimum atomic E-state index is -0.609. The molecular formula is C26H30ClN5O3. The van der Waals surface area contributed by atoms with Crippen LogP contribution in [-0.4, -0.2) is 26.9 Å². The highest BCUT2D eigenvalue weighted by molar-refractivity contribution is 6.30. The van der Waals surface area contributed by atoms with E-state index in [2.05, 4.69) is 20.4 Å². The fourth-order valence-corrected chi connectivity index (χ4v) is 4.70. The first-order chi connectivity index (χ1) is 16.9. The molecule has 1 aromatic carbocycles. The molecule has 0 radical (unpaired) electrons. The monoisotopic (exact) mass is 495 g/mol. The summed E-state index contributed by atoms with van der Waals surface area (Å²) in [6.07, 6.45) is 7.97. The molecule has 0 spiro atoms. The lowest BCUT2D eigenvalue weighted by atomic mass is 9.89. The van der Waals surface area contributed by atoms with Crippen LogP contribution in [-0.2, 0) is 28.1 Å². The second-order valence-electron chi connectivity index (χ2n) is 8.97. The Kier molecular flexibility index (Phi) is 8.13. The standard InChI is InChI=1S/C26H30ClN5O3/c1-19(33)30-26(15-5-2-3-6-16-26)25-29-23(35-31-25)13-14-24(34)32(18-21-8-4-7-17-28-21)22-11-9-20(27)10-12-22/h4,7-12,17H,2-3,5-6,13-16,18H2,1H3,(H,30,33). The second kappa shape index (κ2) is 11.4. The number of carbonyl (C=O) groups excluding carboxylic acids is 2. The number of halogens is 1. The normalized spacial score (nSPS) is 15.3. The third kappa shape index (κ3) is 6.45. The lowest BCUT2D eigenvalue weighted by molar-refractivity contribution is -0.121. The second-order valence-corrected chi connectivity index (χ2v) is 9.40. The van der Waals surface area contributed by atoms with Gasteiger partial charge in [0.25, 0.3) is 0 Å². The molecule has 1 aliphatic carbocycles. The minimum absolute atomic E-state index is 0.0937. The van der Waals surface area contributed by atoms with E-state index in [1.54, 1.807) is 23.2 Å². The highest BCUT2D eigenvalue weighted by Gasteiger charge is 2.38. The Labute approximate surface area is 210 Å². The first-order valence-corrected chi connectivity index (χ1v) is 12.4. The maximum Gasteiger partial charge on any atom is 0.227 e. The molecule has 1 aliphatic rings. The highest BCUT2D eigenvalue weighted by Crippen LogP contribution is 2.34. The van der Waals surface area contributed by atoms with Crippen molar-refractivity contribution in [3.63, 3.8) is 0 Å². The molecule has 1 N–H and O–H groups in total. The molecule has 35 heavy (non-hydrogen) atoms. The third-order valence-electron chi connectivity index (χ3n) is 6.31. The molecule has 8 nitrogen and oxygen atoms in total. The van der Waals surface area contributed by atoms with Gasteiger partial charge in [0.05, 0.1) is 12.2 Å². The molecule has 0 atom stereocenters. The molecule has 0 unspecified atom stereocenters. The zero-order valence-corrected chi connectivity index (χ0v) is 20.6. The smallest absolute Gasteiger partial charge is 0.227 e. The van der Waals surface area contributed by atoms with Crippen LogP contribution in [0.2, 0.25) is 5.02 Å². The van der Waals surface area contributed by atoms with Crippen LogP contribution in [0.1, 0.15) is 69.3 Å². The first-order valence-electron chi connectivity index (χ1n) is 12.0. The van der Waals surface area contributed by atoms with Crippen LogP contribution in [0.4, 0.5) is 5.69 Å². The highest BCUT2D eigenvalue weighted by atomic mass is 35.5. The van der Waals surface area contributed by atoms with E-state index in [-0.39, 0.29) is 18.2 Å². The van der Waals surface area contributed by atoms with Crippen LogP contribution >= 0.6 is 11.6 Å². The van der Waals surface area contributed by atoms with Gasteiger partial charge in [-0.05, 0) is 49.2 Å². The number of nitrogens with zero attached hydrogens (tertiary/aromatic N) is 4. The summed E-state index contributed by atoms with van der Waals surface area (Å²) < 4.78 is 5.52. The number of rotatable bonds is 8. The van der Waals surface area contributed by atoms with E-state index in [0.29, 0.717) is 29.7 Å². The molecule has 2 aromatic heterocycles. The third-order valence-corrected chi connectivity index (χ3v) is 6.56. The summed E-state index contributed by atoms with van der Waals surface area (Å²) in [5.74, 6) is 0.682. The van der Waals surface area contributed by atoms with Crippen LogP contribution in [0.3, 0.4) is 0 Å². The summed E-state index contributed by atoms with van der Waals surface area (Å²) in [7, 11) is 0. The Balaban J connectivity index is 1.48. The van der Waals surface area contributed by atoms with Crippen molar-refractivity contribution in [2.24, 2.45) is 0 Å². The molecule has 0 saturated heterocycles. The van der Waals surface area contributed by atoms with Crippen molar-refractivity contribution >= 4 is 29.1 Å². The average molecular weight is 496 g/mol. The van der Waals surface area contributed by atoms with Crippen LogP contribution in [0, 0.1) is 0 Å². The number of amides is 2. The molecule has 1 fully saturated rings. The maximum atomic E-state index is 13.3. The number of aryl methyl sites for hydroxylation is 1. The van der Waals surface area contributed by atoms with E-state index >= 15 is 0 Å². The number of hydrogen-bond donors (Lipinski definition) is 1. The van der Waals surface area contributed by atoms with Gasteiger partial charge in [0.2, 0.25) is 17.7 Å². The van der Waals surface area contributed by atoms with Crippen molar-refractivity contribution in [1.82, 2.24) is 20.4 Å². The Bertz CT molecular complexity index is 1130. The van der Waals surface area contributed by atoms with Gasteiger partial charge >= 0.3 is 0 Å². The van der Waals surface area contributed by atoms with E-state index < -0.39 is 5.54 Å². The number of carbonyl (C=O) groups is 2. The summed E-state index contributed by atoms with van der Waals surface area (Å²) in [6, 6.07) is 12.8. The Morgan fingerprint density at radius 3 is 2.49 bits per heavy atom. The zero-order valence-electron chi connectivity index (χ0n) is 19.9. The molecule has 2 amide bonds. The zero-order chi connectivity index (χ0) is 24.7. The maximum absolute atomic E-state index is 13.3. The minimum Gasteiger partial charge on any atom is -0.343 e. The van der Waals surface area contributed by atoms with Crippen molar-refractivity contribution in [3.05, 3.63) is 71.1 Å². The predicted octanol–water partition coefficient (Wildman–Crippen LogP) is 4.97. The van der Waals surface area contributed by atoms with Gasteiger partial charge in [-0.3, -0.25) is 14.6 Å². The SMILES string of the molecule is CC(=O)NC1(c2noc(CCC(=O)N(Cc3ccccn3)c3ccc(Cl)cc3)n2)CCCCCC1. The molecule has 0 aliphatic heterocycles. The predicted molar refractivity (Wildman–Crippen MR) is 133 cm³/mol. The Hall–Kier alpha value is -3.26. The number of pyridine rings is 1. The lowest BCUT2D eigenvalue weighted by Crippen LogP contribution is -2.45. The van der Waals surface area contributed by atoms with Gasteiger partial charge in [-0.25, -0.2) is 0 Å². The van der Waals surface area contributed by atoms with Gasteiger partial charge in [0.15, 0.2) is 5.82 Å². The largest absolute Gasteiger partial charge is 0.343 e. The molecule has 2 heterocycles. The number of aromatic nitrogens is 3. The van der Waals surface area contributed by atoms with Gasteiger partial charge in [-0.15, -0.1) is 0 Å². The van der Waals surface area contributed by atoms with Gasteiger partial charge < -0.3 is 14.7 Å². The summed E-state index contributed by atoms with van der Waals surface area (Å²) in [4.78, 5) is 35.9. The summed E-state index contributed by atoms with van der Waals surface area (Å²) in [5.41, 5.74) is 0.906. The molecular weight excluding hydrogens is 466 g/mol. The van der Waals surface area contributed by atoms with Gasteiger partial charge in [-0.1, -0.05) is 48.5 Å². The van der Waals surface area contributed by atoms with Crippen molar-refractivity contribution < 1.29 is 14.1 Å². The van der Waals surface area contributed by atoms with Crippen LogP contribution in [0.5, 0.6) is 0 Å². The van der Waals surface area contributed by atoms with Crippen molar-refractivity contribution in [1.29, 1.82) is 0 Å². The van der Waals surface area contributed by atoms with E-state index in [9.17, 15) is 9.59 Å². The summed E-state index contributed by atoms with van der Waals surface area (Å²) in [5, 5.41) is 7.90. The topological polar surface area (TPSA) is 101 Å². The van der Waals surface area contributed by atoms with Crippen molar-refractivity contribution in [2.75, 3.05) is 4.90 Å². The van der Waals surface area contributed by atoms with E-state index in [1.165, 1.54) is 6.92 Å². The van der Waals surface area contributed by atoms with Gasteiger partial charge in [-0.2, -0.15) is 4.98 Å². The van der Waals surface area contributed by atoms with Crippen LogP contribution in [0.15, 0.2) is 53.2 Å². The molecule has 1 saturated carbocycles. The van der Waals surface area contributed by atoms with Gasteiger partial charge in [0, 0.05) is 36.7 Å². The molecule has 3 aromatic rings. The molecule has 184 valence electrons. The van der Waals surface area contributed by atoms with Crippen molar-refractivity contribution in [2.45, 2.75) is 70.4 Å². The molecule has 4 rings (SSSR count). The molecule has 0 bridgehead atoms. The van der Waals surface area contributed by atoms with E-state index in [1.807, 2.05) is 30.3 Å². The number of hydrogen-bond acceptors (Lipinski definition) is 6. The fourth-order valence-electron chi connectivity index (χ4n) is 4.57. The average Bonchev–Trinajstić information content (AvgIpc) is 3.22. The number of anilines is 1. The van der Waals surface area contributed by atoms with E-state index in [4.69, 9.17) is 16.1 Å². The number of nitrogens with one attached hydrogen (secondary N) is 1. The quantitative estimate of drug-likeness (QED) is 0.443. The Morgan fingerprint density at radius 1 is 1.09 bits per heavy atom. The van der Waals surface area contributed by atoms with Crippen LogP contribution < -0.4 is 10.2 Å². The summed E-state index contributed by atoms with van der Waals surface area (Å²) in [6.45, 7) is 1.85. The van der Waals surface area contributed by atoms with Crippen LogP contribution in [0.25, 0.3) is 0 Å². The van der Waals surface area contributed by atoms with Crippen molar-refractivity contribution in [3.8, 4) is 0 Å². The lowest BCUT2D eigenvalue weighted by Gasteiger charge is -2.30. The Morgan fingerprint density at radius 2 is 1.83 bits per heavy atom. The first kappa shape index (κ1) is 24.9. The number of benzene rings is 1. The molecule has 9 heteroatoms. The fraction of sp³-hybridized carbons (Fsp3) is 0.423. The van der Waals surface area contributed by atoms with E-state index in [0.717, 1.165) is 49.9 Å². The summed E-state index contributed by atoms with van der Waals surface area (Å²) >= 11 is 6.05. The van der Waals surface area contributed by atoms with Gasteiger partial charge in [0.1, 0.15) is 5.54 Å².